The van der Waals surface area contributed by atoms with Gasteiger partial charge >= 0.3 is 0 Å². The molecule has 0 saturated carbocycles. The lowest BCUT2D eigenvalue weighted by molar-refractivity contribution is 0.405. The summed E-state index contributed by atoms with van der Waals surface area (Å²) in [6, 6.07) is 7.85. The van der Waals surface area contributed by atoms with E-state index in [0.717, 1.165) is 32.5 Å². The molecular weight excluding hydrogens is 258 g/mol. The number of hydrogen-bond donors (Lipinski definition) is 1. The summed E-state index contributed by atoms with van der Waals surface area (Å²) in [5.74, 6) is 0.829. The van der Waals surface area contributed by atoms with Gasteiger partial charge in [-0.15, -0.1) is 5.10 Å². The summed E-state index contributed by atoms with van der Waals surface area (Å²) in [6.07, 6.45) is 0. The van der Waals surface area contributed by atoms with Gasteiger partial charge in [0.05, 0.1) is 17.7 Å². The van der Waals surface area contributed by atoms with Crippen LogP contribution in [0.15, 0.2) is 34.2 Å². The fraction of sp³-hybridized carbons (Fsp3) is 0.286. The molecule has 2 N–H and O–H groups in total. The Morgan fingerprint density at radius 3 is 2.63 bits per heavy atom. The first-order chi connectivity index (χ1) is 9.17. The minimum atomic E-state index is 0.458. The molecule has 0 aliphatic carbocycles. The van der Waals surface area contributed by atoms with Crippen molar-refractivity contribution in [3.8, 4) is 5.75 Å². The molecule has 0 spiro atoms. The van der Waals surface area contributed by atoms with Crippen LogP contribution in [0.3, 0.4) is 0 Å². The normalized spacial score (nSPS) is 10.5. The van der Waals surface area contributed by atoms with Gasteiger partial charge in [0.15, 0.2) is 0 Å². The maximum atomic E-state index is 5.83. The van der Waals surface area contributed by atoms with Gasteiger partial charge in [-0.1, -0.05) is 23.9 Å². The number of benzene rings is 1. The number of hydrogen-bond acceptors (Lipinski definition) is 5. The Morgan fingerprint density at radius 2 is 1.95 bits per heavy atom. The molecule has 1 aromatic heterocycles. The summed E-state index contributed by atoms with van der Waals surface area (Å²) in [7, 11) is 1.66. The zero-order valence-corrected chi connectivity index (χ0v) is 12.1. The number of nitrogens with two attached hydrogens (primary N) is 1. The van der Waals surface area contributed by atoms with Crippen molar-refractivity contribution in [1.82, 2.24) is 10.2 Å². The standard InChI is InChI=1S/C14H17N3OS/c1-9-10(2)16-17-14(11(9)8-15)19-13-7-5-4-6-12(13)18-3/h4-7H,8,15H2,1-3H3. The number of ether oxygens (including phenoxy) is 1. The quantitative estimate of drug-likeness (QED) is 0.929. The van der Waals surface area contributed by atoms with Crippen molar-refractivity contribution in [1.29, 1.82) is 0 Å². The van der Waals surface area contributed by atoms with Gasteiger partial charge in [0, 0.05) is 12.1 Å². The Balaban J connectivity index is 2.41. The van der Waals surface area contributed by atoms with Crippen molar-refractivity contribution < 1.29 is 4.74 Å². The highest BCUT2D eigenvalue weighted by atomic mass is 32.2. The summed E-state index contributed by atoms with van der Waals surface area (Å²) in [6.45, 7) is 4.43. The van der Waals surface area contributed by atoms with Gasteiger partial charge in [0.2, 0.25) is 0 Å². The average molecular weight is 275 g/mol. The van der Waals surface area contributed by atoms with Gasteiger partial charge in [-0.05, 0) is 31.5 Å². The minimum absolute atomic E-state index is 0.458. The summed E-state index contributed by atoms with van der Waals surface area (Å²) in [5, 5.41) is 9.27. The van der Waals surface area contributed by atoms with Gasteiger partial charge < -0.3 is 10.5 Å². The molecule has 2 rings (SSSR count). The van der Waals surface area contributed by atoms with E-state index in [-0.39, 0.29) is 0 Å². The van der Waals surface area contributed by atoms with Crippen LogP contribution in [0, 0.1) is 13.8 Å². The van der Waals surface area contributed by atoms with E-state index >= 15 is 0 Å². The van der Waals surface area contributed by atoms with Gasteiger partial charge in [-0.25, -0.2) is 0 Å². The third-order valence-corrected chi connectivity index (χ3v) is 4.10. The molecule has 0 amide bonds. The first kappa shape index (κ1) is 13.8. The second kappa shape index (κ2) is 6.04. The van der Waals surface area contributed by atoms with E-state index in [4.69, 9.17) is 10.5 Å². The molecule has 5 heteroatoms. The second-order valence-corrected chi connectivity index (χ2v) is 5.18. The molecule has 0 radical (unpaired) electrons. The van der Waals surface area contributed by atoms with Crippen LogP contribution in [0.4, 0.5) is 0 Å². The third kappa shape index (κ3) is 2.88. The van der Waals surface area contributed by atoms with Crippen molar-refractivity contribution in [2.24, 2.45) is 5.73 Å². The molecule has 4 nitrogen and oxygen atoms in total. The van der Waals surface area contributed by atoms with E-state index in [0.29, 0.717) is 6.54 Å². The van der Waals surface area contributed by atoms with Gasteiger partial charge in [0.25, 0.3) is 0 Å². The molecule has 0 aliphatic rings. The summed E-state index contributed by atoms with van der Waals surface area (Å²) >= 11 is 1.53. The number of rotatable bonds is 4. The Bertz CT molecular complexity index is 587. The van der Waals surface area contributed by atoms with E-state index in [9.17, 15) is 0 Å². The van der Waals surface area contributed by atoms with Crippen LogP contribution in [0.1, 0.15) is 16.8 Å². The first-order valence-corrected chi connectivity index (χ1v) is 6.82. The molecular formula is C14H17N3OS. The van der Waals surface area contributed by atoms with Crippen LogP contribution in [0.5, 0.6) is 5.75 Å². The highest BCUT2D eigenvalue weighted by molar-refractivity contribution is 7.99. The Kier molecular flexibility index (Phi) is 4.39. The van der Waals surface area contributed by atoms with Gasteiger partial charge in [-0.2, -0.15) is 5.10 Å². The molecule has 0 fully saturated rings. The first-order valence-electron chi connectivity index (χ1n) is 6.01. The Morgan fingerprint density at radius 1 is 1.21 bits per heavy atom. The average Bonchev–Trinajstić information content (AvgIpc) is 2.44. The molecule has 0 bridgehead atoms. The molecule has 0 unspecified atom stereocenters. The zero-order valence-electron chi connectivity index (χ0n) is 11.3. The number of methoxy groups -OCH3 is 1. The van der Waals surface area contributed by atoms with Crippen molar-refractivity contribution in [3.63, 3.8) is 0 Å². The third-order valence-electron chi connectivity index (χ3n) is 3.02. The van der Waals surface area contributed by atoms with E-state index in [1.54, 1.807) is 7.11 Å². The number of aryl methyl sites for hydroxylation is 1. The van der Waals surface area contributed by atoms with E-state index in [1.807, 2.05) is 38.1 Å². The lowest BCUT2D eigenvalue weighted by Gasteiger charge is -2.12. The van der Waals surface area contributed by atoms with Crippen LogP contribution in [-0.4, -0.2) is 17.3 Å². The second-order valence-electron chi connectivity index (χ2n) is 4.15. The molecule has 2 aromatic rings. The Labute approximate surface area is 117 Å². The fourth-order valence-corrected chi connectivity index (χ4v) is 2.81. The predicted molar refractivity (Wildman–Crippen MR) is 76.5 cm³/mol. The van der Waals surface area contributed by atoms with E-state index in [1.165, 1.54) is 11.8 Å². The molecule has 0 saturated heterocycles. The smallest absolute Gasteiger partial charge is 0.132 e. The number of nitrogens with zero attached hydrogens (tertiary/aromatic N) is 2. The summed E-state index contributed by atoms with van der Waals surface area (Å²) in [5.41, 5.74) is 8.90. The van der Waals surface area contributed by atoms with Crippen LogP contribution >= 0.6 is 11.8 Å². The van der Waals surface area contributed by atoms with Crippen molar-refractivity contribution >= 4 is 11.8 Å². The fourth-order valence-electron chi connectivity index (χ4n) is 1.76. The zero-order chi connectivity index (χ0) is 13.8. The summed E-state index contributed by atoms with van der Waals surface area (Å²) < 4.78 is 5.34. The topological polar surface area (TPSA) is 61.0 Å². The number of aromatic nitrogens is 2. The van der Waals surface area contributed by atoms with E-state index in [2.05, 4.69) is 10.2 Å². The highest BCUT2D eigenvalue weighted by Crippen LogP contribution is 2.35. The SMILES string of the molecule is COc1ccccc1Sc1nnc(C)c(C)c1CN. The van der Waals surface area contributed by atoms with Gasteiger partial charge in [0.1, 0.15) is 10.8 Å². The van der Waals surface area contributed by atoms with Crippen molar-refractivity contribution in [2.45, 2.75) is 30.3 Å². The molecule has 1 aromatic carbocycles. The largest absolute Gasteiger partial charge is 0.496 e. The van der Waals surface area contributed by atoms with Crippen LogP contribution in [0.2, 0.25) is 0 Å². The molecule has 19 heavy (non-hydrogen) atoms. The molecule has 0 atom stereocenters. The maximum absolute atomic E-state index is 5.83. The Hall–Kier alpha value is -1.59. The van der Waals surface area contributed by atoms with Crippen LogP contribution in [0.25, 0.3) is 0 Å². The van der Waals surface area contributed by atoms with E-state index < -0.39 is 0 Å². The van der Waals surface area contributed by atoms with Crippen LogP contribution < -0.4 is 10.5 Å². The minimum Gasteiger partial charge on any atom is -0.496 e. The van der Waals surface area contributed by atoms with Crippen molar-refractivity contribution in [3.05, 3.63) is 41.1 Å². The van der Waals surface area contributed by atoms with Crippen molar-refractivity contribution in [2.75, 3.05) is 7.11 Å². The summed E-state index contributed by atoms with van der Waals surface area (Å²) in [4.78, 5) is 1.01. The van der Waals surface area contributed by atoms with Gasteiger partial charge in [-0.3, -0.25) is 0 Å². The lowest BCUT2D eigenvalue weighted by Crippen LogP contribution is -2.06. The molecule has 100 valence electrons. The lowest BCUT2D eigenvalue weighted by atomic mass is 10.1. The molecule has 0 aliphatic heterocycles. The van der Waals surface area contributed by atoms with Crippen LogP contribution in [-0.2, 0) is 6.54 Å². The highest BCUT2D eigenvalue weighted by Gasteiger charge is 2.13. The number of para-hydroxylation sites is 1. The molecule has 1 heterocycles. The predicted octanol–water partition coefficient (Wildman–Crippen LogP) is 2.71. The maximum Gasteiger partial charge on any atom is 0.132 e. The monoisotopic (exact) mass is 275 g/mol.